The molecule has 0 atom stereocenters. The molecule has 0 spiro atoms. The Morgan fingerprint density at radius 1 is 1.20 bits per heavy atom. The van der Waals surface area contributed by atoms with Gasteiger partial charge in [0.1, 0.15) is 17.2 Å². The maximum Gasteiger partial charge on any atom is 0.248 e. The molecule has 9 heteroatoms. The summed E-state index contributed by atoms with van der Waals surface area (Å²) < 4.78 is 13.9. The molecule has 3 rings (SSSR count). The van der Waals surface area contributed by atoms with Crippen LogP contribution in [0.1, 0.15) is 6.92 Å². The summed E-state index contributed by atoms with van der Waals surface area (Å²) in [7, 11) is 0. The van der Waals surface area contributed by atoms with Gasteiger partial charge in [0.05, 0.1) is 16.0 Å². The number of carbonyl (C=O) groups excluding carboxylic acids is 2. The van der Waals surface area contributed by atoms with E-state index in [9.17, 15) is 14.0 Å². The number of thioether (sulfide) groups is 1. The number of aromatic nitrogens is 2. The number of nitrogens with zero attached hydrogens (tertiary/aromatic N) is 2. The Hall–Kier alpha value is -2.52. The average molecular weight is 376 g/mol. The molecule has 128 valence electrons. The Labute approximate surface area is 150 Å². The highest BCUT2D eigenvalue weighted by Gasteiger charge is 2.12. The Kier molecular flexibility index (Phi) is 5.25. The molecular weight excluding hydrogens is 363 g/mol. The molecule has 0 bridgehead atoms. The van der Waals surface area contributed by atoms with Crippen molar-refractivity contribution in [1.29, 1.82) is 0 Å². The SMILES string of the molecule is CC(=O)NNC(=O)CSc1ncnc2cc(-c3ccc(F)cc3)sc12. The second-order valence-electron chi connectivity index (χ2n) is 5.03. The van der Waals surface area contributed by atoms with Crippen LogP contribution in [0.3, 0.4) is 0 Å². The van der Waals surface area contributed by atoms with E-state index in [2.05, 4.69) is 20.8 Å². The summed E-state index contributed by atoms with van der Waals surface area (Å²) >= 11 is 2.74. The third-order valence-corrected chi connectivity index (χ3v) is 5.42. The second-order valence-corrected chi connectivity index (χ2v) is 7.05. The summed E-state index contributed by atoms with van der Waals surface area (Å²) in [5, 5.41) is 0.682. The van der Waals surface area contributed by atoms with Crippen LogP contribution in [0.5, 0.6) is 0 Å². The largest absolute Gasteiger partial charge is 0.274 e. The highest BCUT2D eigenvalue weighted by atomic mass is 32.2. The normalized spacial score (nSPS) is 10.6. The quantitative estimate of drug-likeness (QED) is 0.416. The lowest BCUT2D eigenvalue weighted by molar-refractivity contribution is -0.126. The van der Waals surface area contributed by atoms with Gasteiger partial charge in [-0.1, -0.05) is 23.9 Å². The molecule has 2 amide bonds. The van der Waals surface area contributed by atoms with Crippen LogP contribution >= 0.6 is 23.1 Å². The van der Waals surface area contributed by atoms with Gasteiger partial charge in [-0.25, -0.2) is 14.4 Å². The van der Waals surface area contributed by atoms with Gasteiger partial charge in [0, 0.05) is 11.8 Å². The predicted molar refractivity (Wildman–Crippen MR) is 95.5 cm³/mol. The summed E-state index contributed by atoms with van der Waals surface area (Å²) in [6.07, 6.45) is 1.44. The van der Waals surface area contributed by atoms with Gasteiger partial charge in [-0.2, -0.15) is 0 Å². The lowest BCUT2D eigenvalue weighted by atomic mass is 10.2. The van der Waals surface area contributed by atoms with Crippen molar-refractivity contribution >= 4 is 45.1 Å². The fourth-order valence-electron chi connectivity index (χ4n) is 2.02. The minimum atomic E-state index is -0.343. The molecule has 0 aliphatic rings. The van der Waals surface area contributed by atoms with E-state index in [1.165, 1.54) is 48.5 Å². The number of carbonyl (C=O) groups is 2. The molecule has 2 N–H and O–H groups in total. The predicted octanol–water partition coefficient (Wildman–Crippen LogP) is 2.76. The number of hydrazine groups is 1. The molecule has 0 aliphatic carbocycles. The fraction of sp³-hybridized carbons (Fsp3) is 0.125. The molecular formula is C16H13FN4O2S2. The van der Waals surface area contributed by atoms with E-state index in [-0.39, 0.29) is 23.4 Å². The Morgan fingerprint density at radius 3 is 2.68 bits per heavy atom. The van der Waals surface area contributed by atoms with Gasteiger partial charge in [-0.05, 0) is 23.8 Å². The molecule has 6 nitrogen and oxygen atoms in total. The van der Waals surface area contributed by atoms with Crippen molar-refractivity contribution in [2.24, 2.45) is 0 Å². The third kappa shape index (κ3) is 4.31. The maximum absolute atomic E-state index is 13.1. The molecule has 0 saturated heterocycles. The van der Waals surface area contributed by atoms with E-state index in [0.29, 0.717) is 5.03 Å². The van der Waals surface area contributed by atoms with Crippen molar-refractivity contribution in [1.82, 2.24) is 20.8 Å². The van der Waals surface area contributed by atoms with Crippen LogP contribution in [-0.4, -0.2) is 27.5 Å². The van der Waals surface area contributed by atoms with Crippen LogP contribution in [0.15, 0.2) is 41.7 Å². The van der Waals surface area contributed by atoms with Crippen molar-refractivity contribution in [2.75, 3.05) is 5.75 Å². The zero-order chi connectivity index (χ0) is 17.8. The number of hydrogen-bond donors (Lipinski definition) is 2. The van der Waals surface area contributed by atoms with E-state index in [0.717, 1.165) is 20.7 Å². The molecule has 0 radical (unpaired) electrons. The molecule has 0 saturated carbocycles. The number of thiophene rings is 1. The highest BCUT2D eigenvalue weighted by Crippen LogP contribution is 2.36. The lowest BCUT2D eigenvalue weighted by Crippen LogP contribution is -2.41. The number of rotatable bonds is 4. The van der Waals surface area contributed by atoms with Crippen LogP contribution in [0.25, 0.3) is 20.7 Å². The Bertz CT molecular complexity index is 928. The second kappa shape index (κ2) is 7.58. The number of benzene rings is 1. The summed E-state index contributed by atoms with van der Waals surface area (Å²) in [6, 6.07) is 8.15. The summed E-state index contributed by atoms with van der Waals surface area (Å²) in [6.45, 7) is 1.31. The highest BCUT2D eigenvalue weighted by molar-refractivity contribution is 8.00. The molecule has 0 aliphatic heterocycles. The first kappa shape index (κ1) is 17.3. The van der Waals surface area contributed by atoms with E-state index < -0.39 is 0 Å². The van der Waals surface area contributed by atoms with Gasteiger partial charge >= 0.3 is 0 Å². The first-order chi connectivity index (χ1) is 12.0. The van der Waals surface area contributed by atoms with Crippen LogP contribution in [0.4, 0.5) is 4.39 Å². The van der Waals surface area contributed by atoms with Gasteiger partial charge in [0.25, 0.3) is 0 Å². The van der Waals surface area contributed by atoms with Crippen molar-refractivity contribution in [3.8, 4) is 10.4 Å². The van der Waals surface area contributed by atoms with Crippen LogP contribution in [0, 0.1) is 5.82 Å². The van der Waals surface area contributed by atoms with E-state index in [1.807, 2.05) is 6.07 Å². The summed E-state index contributed by atoms with van der Waals surface area (Å²) in [5.41, 5.74) is 6.20. The van der Waals surface area contributed by atoms with Crippen molar-refractivity contribution < 1.29 is 14.0 Å². The van der Waals surface area contributed by atoms with E-state index in [4.69, 9.17) is 0 Å². The van der Waals surface area contributed by atoms with Gasteiger partial charge in [-0.3, -0.25) is 20.4 Å². The molecule has 2 heterocycles. The van der Waals surface area contributed by atoms with Gasteiger partial charge in [0.15, 0.2) is 0 Å². The number of hydrogen-bond acceptors (Lipinski definition) is 6. The first-order valence-electron chi connectivity index (χ1n) is 7.21. The van der Waals surface area contributed by atoms with Crippen molar-refractivity contribution in [3.05, 3.63) is 42.5 Å². The van der Waals surface area contributed by atoms with Gasteiger partial charge < -0.3 is 0 Å². The zero-order valence-corrected chi connectivity index (χ0v) is 14.7. The smallest absolute Gasteiger partial charge is 0.248 e. The van der Waals surface area contributed by atoms with Crippen LogP contribution < -0.4 is 10.9 Å². The molecule has 25 heavy (non-hydrogen) atoms. The van der Waals surface area contributed by atoms with Gasteiger partial charge in [-0.15, -0.1) is 11.3 Å². The number of halogens is 1. The average Bonchev–Trinajstić information content (AvgIpc) is 3.03. The van der Waals surface area contributed by atoms with E-state index >= 15 is 0 Å². The molecule has 0 unspecified atom stereocenters. The number of nitrogens with one attached hydrogen (secondary N) is 2. The van der Waals surface area contributed by atoms with Crippen LogP contribution in [0.2, 0.25) is 0 Å². The fourth-order valence-corrected chi connectivity index (χ4v) is 4.02. The lowest BCUT2D eigenvalue weighted by Gasteiger charge is -2.04. The zero-order valence-electron chi connectivity index (χ0n) is 13.1. The molecule has 1 aromatic carbocycles. The molecule has 3 aromatic rings. The minimum Gasteiger partial charge on any atom is -0.274 e. The topological polar surface area (TPSA) is 84.0 Å². The van der Waals surface area contributed by atoms with Crippen molar-refractivity contribution in [2.45, 2.75) is 11.9 Å². The van der Waals surface area contributed by atoms with Crippen LogP contribution in [-0.2, 0) is 9.59 Å². The number of fused-ring (bicyclic) bond motifs is 1. The first-order valence-corrected chi connectivity index (χ1v) is 9.02. The van der Waals surface area contributed by atoms with Gasteiger partial charge in [0.2, 0.25) is 11.8 Å². The Morgan fingerprint density at radius 2 is 1.96 bits per heavy atom. The monoisotopic (exact) mass is 376 g/mol. The Balaban J connectivity index is 1.79. The minimum absolute atomic E-state index is 0.107. The number of amides is 2. The molecule has 0 fully saturated rings. The van der Waals surface area contributed by atoms with Crippen molar-refractivity contribution in [3.63, 3.8) is 0 Å². The summed E-state index contributed by atoms with van der Waals surface area (Å²) in [4.78, 5) is 31.9. The summed E-state index contributed by atoms with van der Waals surface area (Å²) in [5.74, 6) is -0.853. The standard InChI is InChI=1S/C16H13FN4O2S2/c1-9(22)20-21-14(23)7-24-16-15-12(18-8-19-16)6-13(25-15)10-2-4-11(17)5-3-10/h2-6,8H,7H2,1H3,(H,20,22)(H,21,23). The van der Waals surface area contributed by atoms with E-state index in [1.54, 1.807) is 12.1 Å². The third-order valence-electron chi connectivity index (χ3n) is 3.13. The maximum atomic E-state index is 13.1. The molecule has 2 aromatic heterocycles.